The third kappa shape index (κ3) is 5.22. The number of para-hydroxylation sites is 1. The summed E-state index contributed by atoms with van der Waals surface area (Å²) in [4.78, 5) is 10.2. The van der Waals surface area contributed by atoms with Gasteiger partial charge in [-0.2, -0.15) is 0 Å². The SMILES string of the molecule is C=CCc1ccc(OP(=O)(O)Oc2ccccc2)c(CC=C)c1CC=C. The number of rotatable bonds is 10. The number of allylic oxidation sites excluding steroid dienone is 3. The standard InChI is InChI=1S/C21H23O4P/c1-4-10-17-15-16-21(20(12-6-3)19(17)11-5-2)25-26(22,23)24-18-13-8-7-9-14-18/h4-9,13-16H,1-3,10-12H2,(H,22,23). The highest BCUT2D eigenvalue weighted by Gasteiger charge is 2.27. The maximum absolute atomic E-state index is 12.4. The van der Waals surface area contributed by atoms with E-state index in [0.717, 1.165) is 16.7 Å². The van der Waals surface area contributed by atoms with Gasteiger partial charge in [0.2, 0.25) is 0 Å². The summed E-state index contributed by atoms with van der Waals surface area (Å²) in [6.07, 6.45) is 7.12. The van der Waals surface area contributed by atoms with Crippen LogP contribution in [0.25, 0.3) is 0 Å². The van der Waals surface area contributed by atoms with Crippen LogP contribution in [0.4, 0.5) is 0 Å². The Balaban J connectivity index is 2.39. The fourth-order valence-corrected chi connectivity index (χ4v) is 3.52. The molecule has 0 radical (unpaired) electrons. The lowest BCUT2D eigenvalue weighted by molar-refractivity contribution is 0.290. The smallest absolute Gasteiger partial charge is 0.395 e. The first-order chi connectivity index (χ1) is 12.5. The molecule has 1 N–H and O–H groups in total. The molecule has 0 saturated heterocycles. The highest BCUT2D eigenvalue weighted by Crippen LogP contribution is 2.46. The fourth-order valence-electron chi connectivity index (χ4n) is 2.68. The summed E-state index contributed by atoms with van der Waals surface area (Å²) in [5, 5.41) is 0. The zero-order chi connectivity index (χ0) is 19.0. The first-order valence-electron chi connectivity index (χ1n) is 8.24. The summed E-state index contributed by atoms with van der Waals surface area (Å²) in [6, 6.07) is 11.9. The van der Waals surface area contributed by atoms with Crippen molar-refractivity contribution in [3.63, 3.8) is 0 Å². The Bertz CT molecular complexity index is 827. The van der Waals surface area contributed by atoms with Gasteiger partial charge < -0.3 is 9.05 Å². The monoisotopic (exact) mass is 370 g/mol. The summed E-state index contributed by atoms with van der Waals surface area (Å²) in [5.41, 5.74) is 2.86. The molecule has 2 aromatic carbocycles. The minimum Gasteiger partial charge on any atom is -0.395 e. The summed E-state index contributed by atoms with van der Waals surface area (Å²) in [5.74, 6) is 0.564. The first-order valence-corrected chi connectivity index (χ1v) is 9.73. The predicted molar refractivity (Wildman–Crippen MR) is 106 cm³/mol. The zero-order valence-electron chi connectivity index (χ0n) is 14.6. The van der Waals surface area contributed by atoms with Crippen molar-refractivity contribution in [2.24, 2.45) is 0 Å². The van der Waals surface area contributed by atoms with Gasteiger partial charge >= 0.3 is 7.82 Å². The summed E-state index contributed by atoms with van der Waals surface area (Å²) < 4.78 is 23.0. The molecule has 0 aromatic heterocycles. The molecule has 0 spiro atoms. The molecular formula is C21H23O4P. The zero-order valence-corrected chi connectivity index (χ0v) is 15.5. The summed E-state index contributed by atoms with van der Waals surface area (Å²) in [7, 11) is -4.34. The second-order valence-electron chi connectivity index (χ2n) is 5.62. The van der Waals surface area contributed by atoms with E-state index < -0.39 is 7.82 Å². The van der Waals surface area contributed by atoms with Gasteiger partial charge in [0.1, 0.15) is 11.5 Å². The molecule has 1 atom stereocenters. The van der Waals surface area contributed by atoms with E-state index in [1.54, 1.807) is 48.6 Å². The summed E-state index contributed by atoms with van der Waals surface area (Å²) in [6.45, 7) is 11.4. The minimum absolute atomic E-state index is 0.262. The Kier molecular flexibility index (Phi) is 7.02. The van der Waals surface area contributed by atoms with Crippen molar-refractivity contribution >= 4 is 7.82 Å². The van der Waals surface area contributed by atoms with Crippen LogP contribution in [-0.4, -0.2) is 4.89 Å². The van der Waals surface area contributed by atoms with Crippen molar-refractivity contribution < 1.29 is 18.5 Å². The van der Waals surface area contributed by atoms with Crippen molar-refractivity contribution in [1.82, 2.24) is 0 Å². The first kappa shape index (κ1) is 19.8. The molecule has 0 fully saturated rings. The average Bonchev–Trinajstić information content (AvgIpc) is 2.60. The maximum atomic E-state index is 12.4. The van der Waals surface area contributed by atoms with Crippen LogP contribution in [0.15, 0.2) is 80.4 Å². The fraction of sp³-hybridized carbons (Fsp3) is 0.143. The van der Waals surface area contributed by atoms with Crippen molar-refractivity contribution in [2.75, 3.05) is 0 Å². The number of hydrogen-bond acceptors (Lipinski definition) is 3. The van der Waals surface area contributed by atoms with E-state index in [9.17, 15) is 9.46 Å². The van der Waals surface area contributed by atoms with Gasteiger partial charge in [-0.1, -0.05) is 42.5 Å². The molecule has 0 aliphatic rings. The Labute approximate surface area is 154 Å². The molecular weight excluding hydrogens is 347 g/mol. The van der Waals surface area contributed by atoms with Crippen LogP contribution >= 0.6 is 7.82 Å². The van der Waals surface area contributed by atoms with Crippen LogP contribution in [0.2, 0.25) is 0 Å². The topological polar surface area (TPSA) is 55.8 Å². The van der Waals surface area contributed by atoms with E-state index in [2.05, 4.69) is 19.7 Å². The lowest BCUT2D eigenvalue weighted by atomic mass is 9.93. The molecule has 0 saturated carbocycles. The van der Waals surface area contributed by atoms with Gasteiger partial charge in [-0.05, 0) is 48.6 Å². The Morgan fingerprint density at radius 1 is 0.846 bits per heavy atom. The molecule has 26 heavy (non-hydrogen) atoms. The normalized spacial score (nSPS) is 12.7. The predicted octanol–water partition coefficient (Wildman–Crippen LogP) is 5.43. The minimum atomic E-state index is -4.34. The highest BCUT2D eigenvalue weighted by atomic mass is 31.2. The van der Waals surface area contributed by atoms with E-state index in [0.29, 0.717) is 25.0 Å². The molecule has 0 amide bonds. The number of hydrogen-bond donors (Lipinski definition) is 1. The molecule has 2 rings (SSSR count). The van der Waals surface area contributed by atoms with Crippen molar-refractivity contribution in [3.05, 3.63) is 97.1 Å². The lowest BCUT2D eigenvalue weighted by Crippen LogP contribution is -2.05. The average molecular weight is 370 g/mol. The number of phosphoric acid groups is 1. The Morgan fingerprint density at radius 2 is 1.46 bits per heavy atom. The quantitative estimate of drug-likeness (QED) is 0.447. The largest absolute Gasteiger partial charge is 0.584 e. The third-order valence-electron chi connectivity index (χ3n) is 3.72. The highest BCUT2D eigenvalue weighted by molar-refractivity contribution is 7.48. The van der Waals surface area contributed by atoms with Gasteiger partial charge in [0.05, 0.1) is 0 Å². The molecule has 0 heterocycles. The molecule has 0 aliphatic heterocycles. The Hall–Kier alpha value is -2.55. The van der Waals surface area contributed by atoms with E-state index in [-0.39, 0.29) is 5.75 Å². The van der Waals surface area contributed by atoms with Crippen molar-refractivity contribution in [2.45, 2.75) is 19.3 Å². The Morgan fingerprint density at radius 3 is 2.08 bits per heavy atom. The van der Waals surface area contributed by atoms with Gasteiger partial charge in [-0.25, -0.2) is 4.57 Å². The van der Waals surface area contributed by atoms with Crippen LogP contribution in [0, 0.1) is 0 Å². The maximum Gasteiger partial charge on any atom is 0.584 e. The van der Waals surface area contributed by atoms with Gasteiger partial charge in [0, 0.05) is 5.56 Å². The third-order valence-corrected chi connectivity index (χ3v) is 4.59. The van der Waals surface area contributed by atoms with Gasteiger partial charge in [0.15, 0.2) is 0 Å². The van der Waals surface area contributed by atoms with Crippen molar-refractivity contribution in [1.29, 1.82) is 0 Å². The van der Waals surface area contributed by atoms with Crippen LogP contribution < -0.4 is 9.05 Å². The van der Waals surface area contributed by atoms with E-state index in [1.165, 1.54) is 0 Å². The van der Waals surface area contributed by atoms with Gasteiger partial charge in [-0.15, -0.1) is 19.7 Å². The van der Waals surface area contributed by atoms with Gasteiger partial charge in [0.25, 0.3) is 0 Å². The number of phosphoric ester groups is 1. The van der Waals surface area contributed by atoms with Crippen LogP contribution in [0.1, 0.15) is 16.7 Å². The second-order valence-corrected chi connectivity index (χ2v) is 6.92. The molecule has 136 valence electrons. The van der Waals surface area contributed by atoms with Crippen LogP contribution in [0.5, 0.6) is 11.5 Å². The van der Waals surface area contributed by atoms with Crippen molar-refractivity contribution in [3.8, 4) is 11.5 Å². The van der Waals surface area contributed by atoms with Crippen LogP contribution in [0.3, 0.4) is 0 Å². The molecule has 0 bridgehead atoms. The lowest BCUT2D eigenvalue weighted by Gasteiger charge is -2.19. The molecule has 0 aliphatic carbocycles. The molecule has 4 nitrogen and oxygen atoms in total. The van der Waals surface area contributed by atoms with E-state index in [1.807, 2.05) is 12.1 Å². The second kappa shape index (κ2) is 9.23. The molecule has 5 heteroatoms. The molecule has 1 unspecified atom stereocenters. The van der Waals surface area contributed by atoms with Gasteiger partial charge in [-0.3, -0.25) is 4.89 Å². The van der Waals surface area contributed by atoms with Crippen LogP contribution in [-0.2, 0) is 23.8 Å². The molecule has 2 aromatic rings. The van der Waals surface area contributed by atoms with E-state index in [4.69, 9.17) is 9.05 Å². The van der Waals surface area contributed by atoms with E-state index >= 15 is 0 Å². The number of benzene rings is 2. The summed E-state index contributed by atoms with van der Waals surface area (Å²) >= 11 is 0.